The van der Waals surface area contributed by atoms with Gasteiger partial charge in [0.05, 0.1) is 11.9 Å². The number of rotatable bonds is 4. The van der Waals surface area contributed by atoms with Gasteiger partial charge >= 0.3 is 0 Å². The Bertz CT molecular complexity index is 524. The van der Waals surface area contributed by atoms with Crippen LogP contribution in [0.3, 0.4) is 0 Å². The average molecular weight is 256 g/mol. The first kappa shape index (κ1) is 12.1. The molecule has 0 saturated carbocycles. The van der Waals surface area contributed by atoms with E-state index in [4.69, 9.17) is 16.3 Å². The zero-order chi connectivity index (χ0) is 12.5. The van der Waals surface area contributed by atoms with Crippen molar-refractivity contribution in [3.63, 3.8) is 0 Å². The van der Waals surface area contributed by atoms with Crippen molar-refractivity contribution in [1.29, 1.82) is 0 Å². The number of halogens is 1. The van der Waals surface area contributed by atoms with Crippen LogP contribution in [0.25, 0.3) is 11.2 Å². The second kappa shape index (κ2) is 4.46. The molecule has 0 unspecified atom stereocenters. The normalized spacial score (nSPS) is 12.0. The van der Waals surface area contributed by atoms with E-state index in [1.54, 1.807) is 13.4 Å². The van der Waals surface area contributed by atoms with Gasteiger partial charge in [-0.1, -0.05) is 0 Å². The van der Waals surface area contributed by atoms with Crippen molar-refractivity contribution < 1.29 is 4.74 Å². The molecule has 0 aliphatic carbocycles. The molecule has 0 radical (unpaired) electrons. The molecule has 0 saturated heterocycles. The molecule has 17 heavy (non-hydrogen) atoms. The highest BCUT2D eigenvalue weighted by Crippen LogP contribution is 2.19. The molecule has 2 aromatic rings. The Balaban J connectivity index is 2.26. The predicted molar refractivity (Wildman–Crippen MR) is 66.3 cm³/mol. The van der Waals surface area contributed by atoms with Gasteiger partial charge in [-0.2, -0.15) is 9.97 Å². The predicted octanol–water partition coefficient (Wildman–Crippen LogP) is 1.84. The van der Waals surface area contributed by atoms with Gasteiger partial charge in [-0.25, -0.2) is 4.98 Å². The first-order valence-electron chi connectivity index (χ1n) is 5.17. The van der Waals surface area contributed by atoms with Crippen molar-refractivity contribution in [3.05, 3.63) is 11.6 Å². The van der Waals surface area contributed by atoms with Crippen molar-refractivity contribution in [2.75, 3.05) is 19.0 Å². The Labute approximate surface area is 104 Å². The van der Waals surface area contributed by atoms with E-state index in [2.05, 4.69) is 25.3 Å². The highest BCUT2D eigenvalue weighted by Gasteiger charge is 2.17. The molecule has 0 aliphatic rings. The quantitative estimate of drug-likeness (QED) is 0.816. The smallest absolute Gasteiger partial charge is 0.226 e. The fourth-order valence-electron chi connectivity index (χ4n) is 1.30. The summed E-state index contributed by atoms with van der Waals surface area (Å²) in [6.45, 7) is 4.56. The number of fused-ring (bicyclic) bond motifs is 1. The molecule has 6 nitrogen and oxygen atoms in total. The van der Waals surface area contributed by atoms with Crippen LogP contribution in [0.15, 0.2) is 6.33 Å². The summed E-state index contributed by atoms with van der Waals surface area (Å²) in [5.74, 6) is 0.627. The SMILES string of the molecule is COC(C)(C)CNc1nc(Cl)nc2nc[nH]c12. The lowest BCUT2D eigenvalue weighted by molar-refractivity contribution is 0.0343. The Morgan fingerprint density at radius 2 is 2.24 bits per heavy atom. The molecule has 0 fully saturated rings. The van der Waals surface area contributed by atoms with Crippen LogP contribution in [-0.4, -0.2) is 39.2 Å². The van der Waals surface area contributed by atoms with Crippen LogP contribution in [0.1, 0.15) is 13.8 Å². The lowest BCUT2D eigenvalue weighted by Gasteiger charge is -2.23. The Morgan fingerprint density at radius 1 is 1.47 bits per heavy atom. The van der Waals surface area contributed by atoms with E-state index in [-0.39, 0.29) is 10.9 Å². The molecule has 0 atom stereocenters. The second-order valence-electron chi connectivity index (χ2n) is 4.26. The number of ether oxygens (including phenoxy) is 1. The van der Waals surface area contributed by atoms with Gasteiger partial charge in [0, 0.05) is 13.7 Å². The fraction of sp³-hybridized carbons (Fsp3) is 0.500. The third-order valence-electron chi connectivity index (χ3n) is 2.49. The summed E-state index contributed by atoms with van der Waals surface area (Å²) in [5, 5.41) is 3.34. The summed E-state index contributed by atoms with van der Waals surface area (Å²) >= 11 is 5.82. The summed E-state index contributed by atoms with van der Waals surface area (Å²) in [5.41, 5.74) is 0.994. The van der Waals surface area contributed by atoms with Gasteiger partial charge in [0.15, 0.2) is 11.5 Å². The fourth-order valence-corrected chi connectivity index (χ4v) is 1.47. The average Bonchev–Trinajstić information content (AvgIpc) is 2.73. The van der Waals surface area contributed by atoms with Crippen molar-refractivity contribution >= 4 is 28.6 Å². The number of aromatic nitrogens is 4. The highest BCUT2D eigenvalue weighted by molar-refractivity contribution is 6.28. The van der Waals surface area contributed by atoms with Crippen molar-refractivity contribution in [1.82, 2.24) is 19.9 Å². The second-order valence-corrected chi connectivity index (χ2v) is 4.60. The molecule has 2 aromatic heterocycles. The number of imidazole rings is 1. The molecule has 0 spiro atoms. The summed E-state index contributed by atoms with van der Waals surface area (Å²) in [6, 6.07) is 0. The van der Waals surface area contributed by atoms with Crippen LogP contribution in [-0.2, 0) is 4.74 Å². The number of nitrogens with one attached hydrogen (secondary N) is 2. The molecular formula is C10H14ClN5O. The summed E-state index contributed by atoms with van der Waals surface area (Å²) in [7, 11) is 1.67. The lowest BCUT2D eigenvalue weighted by atomic mass is 10.1. The minimum atomic E-state index is -0.288. The molecule has 92 valence electrons. The maximum atomic E-state index is 5.82. The van der Waals surface area contributed by atoms with E-state index in [1.165, 1.54) is 0 Å². The van der Waals surface area contributed by atoms with Crippen LogP contribution in [0.2, 0.25) is 5.28 Å². The minimum Gasteiger partial charge on any atom is -0.377 e. The lowest BCUT2D eigenvalue weighted by Crippen LogP contribution is -2.32. The number of H-pyrrole nitrogens is 1. The van der Waals surface area contributed by atoms with Gasteiger partial charge in [0.1, 0.15) is 5.52 Å². The van der Waals surface area contributed by atoms with Gasteiger partial charge in [0.2, 0.25) is 5.28 Å². The Morgan fingerprint density at radius 3 is 2.94 bits per heavy atom. The van der Waals surface area contributed by atoms with Gasteiger partial charge in [-0.15, -0.1) is 0 Å². The number of hydrogen-bond acceptors (Lipinski definition) is 5. The topological polar surface area (TPSA) is 75.7 Å². The zero-order valence-corrected chi connectivity index (χ0v) is 10.7. The third kappa shape index (κ3) is 2.65. The molecule has 0 aromatic carbocycles. The van der Waals surface area contributed by atoms with Gasteiger partial charge in [-0.3, -0.25) is 0 Å². The third-order valence-corrected chi connectivity index (χ3v) is 2.66. The molecule has 0 aliphatic heterocycles. The number of nitrogens with zero attached hydrogens (tertiary/aromatic N) is 3. The monoisotopic (exact) mass is 255 g/mol. The molecule has 0 amide bonds. The van der Waals surface area contributed by atoms with Gasteiger partial charge in [-0.05, 0) is 25.4 Å². The van der Waals surface area contributed by atoms with E-state index < -0.39 is 0 Å². The van der Waals surface area contributed by atoms with Crippen molar-refractivity contribution in [3.8, 4) is 0 Å². The van der Waals surface area contributed by atoms with Crippen LogP contribution in [0, 0.1) is 0 Å². The molecular weight excluding hydrogens is 242 g/mol. The van der Waals surface area contributed by atoms with E-state index in [9.17, 15) is 0 Å². The number of anilines is 1. The Kier molecular flexibility index (Phi) is 3.17. The van der Waals surface area contributed by atoms with Gasteiger partial charge < -0.3 is 15.0 Å². The molecule has 2 heterocycles. The van der Waals surface area contributed by atoms with E-state index in [1.807, 2.05) is 13.8 Å². The largest absolute Gasteiger partial charge is 0.377 e. The molecule has 2 rings (SSSR count). The van der Waals surface area contributed by atoms with Crippen molar-refractivity contribution in [2.45, 2.75) is 19.4 Å². The highest BCUT2D eigenvalue weighted by atomic mass is 35.5. The molecule has 0 bridgehead atoms. The summed E-state index contributed by atoms with van der Waals surface area (Å²) in [4.78, 5) is 15.1. The maximum absolute atomic E-state index is 5.82. The van der Waals surface area contributed by atoms with Crippen LogP contribution < -0.4 is 5.32 Å². The molecule has 7 heteroatoms. The van der Waals surface area contributed by atoms with Crippen LogP contribution >= 0.6 is 11.6 Å². The van der Waals surface area contributed by atoms with E-state index >= 15 is 0 Å². The van der Waals surface area contributed by atoms with E-state index in [0.717, 1.165) is 5.52 Å². The number of hydrogen-bond donors (Lipinski definition) is 2. The summed E-state index contributed by atoms with van der Waals surface area (Å²) in [6.07, 6.45) is 1.56. The van der Waals surface area contributed by atoms with E-state index in [0.29, 0.717) is 18.0 Å². The standard InChI is InChI=1S/C10H14ClN5O/c1-10(2,17-3)4-12-7-6-8(14-5-13-6)16-9(11)15-7/h5H,4H2,1-3H3,(H2,12,13,14,15,16). The first-order chi connectivity index (χ1) is 8.02. The van der Waals surface area contributed by atoms with Crippen LogP contribution in [0.4, 0.5) is 5.82 Å². The minimum absolute atomic E-state index is 0.169. The summed E-state index contributed by atoms with van der Waals surface area (Å²) < 4.78 is 5.32. The Hall–Kier alpha value is -1.40. The zero-order valence-electron chi connectivity index (χ0n) is 9.91. The van der Waals surface area contributed by atoms with Crippen LogP contribution in [0.5, 0.6) is 0 Å². The molecule has 2 N–H and O–H groups in total. The number of methoxy groups -OCH3 is 1. The maximum Gasteiger partial charge on any atom is 0.226 e. The first-order valence-corrected chi connectivity index (χ1v) is 5.55. The number of aromatic amines is 1. The van der Waals surface area contributed by atoms with Gasteiger partial charge in [0.25, 0.3) is 0 Å². The van der Waals surface area contributed by atoms with Crippen molar-refractivity contribution in [2.24, 2.45) is 0 Å².